The van der Waals surface area contributed by atoms with Crippen LogP contribution in [-0.2, 0) is 16.1 Å². The standard InChI is InChI=1S/C17H26FNO2/c1-4-6-7-12-19(17(20)14(3)21-5-2)13-15-8-10-16(18)11-9-15/h8-11,14H,4-7,12-13H2,1-3H3. The summed E-state index contributed by atoms with van der Waals surface area (Å²) in [6.45, 7) is 7.53. The van der Waals surface area contributed by atoms with Gasteiger partial charge >= 0.3 is 0 Å². The third-order valence-electron chi connectivity index (χ3n) is 3.39. The monoisotopic (exact) mass is 295 g/mol. The van der Waals surface area contributed by atoms with Crippen LogP contribution in [0.25, 0.3) is 0 Å². The van der Waals surface area contributed by atoms with Crippen molar-refractivity contribution in [2.45, 2.75) is 52.7 Å². The molecule has 0 saturated heterocycles. The number of benzene rings is 1. The highest BCUT2D eigenvalue weighted by Gasteiger charge is 2.20. The van der Waals surface area contributed by atoms with Crippen LogP contribution in [0.5, 0.6) is 0 Å². The molecular weight excluding hydrogens is 269 g/mol. The number of nitrogens with zero attached hydrogens (tertiary/aromatic N) is 1. The SMILES string of the molecule is CCCCCN(Cc1ccc(F)cc1)C(=O)C(C)OCC. The van der Waals surface area contributed by atoms with Crippen LogP contribution in [0.3, 0.4) is 0 Å². The molecule has 118 valence electrons. The number of unbranched alkanes of at least 4 members (excludes halogenated alkanes) is 2. The Kier molecular flexibility index (Phi) is 7.98. The van der Waals surface area contributed by atoms with Crippen LogP contribution in [-0.4, -0.2) is 30.1 Å². The Morgan fingerprint density at radius 1 is 1.24 bits per heavy atom. The summed E-state index contributed by atoms with van der Waals surface area (Å²) in [5.74, 6) is -0.262. The van der Waals surface area contributed by atoms with Gasteiger partial charge in [0.1, 0.15) is 11.9 Å². The molecule has 0 aliphatic carbocycles. The number of hydrogen-bond donors (Lipinski definition) is 0. The minimum absolute atomic E-state index is 0.00252. The topological polar surface area (TPSA) is 29.5 Å². The minimum Gasteiger partial charge on any atom is -0.369 e. The van der Waals surface area contributed by atoms with E-state index in [9.17, 15) is 9.18 Å². The van der Waals surface area contributed by atoms with E-state index in [4.69, 9.17) is 4.74 Å². The average Bonchev–Trinajstić information content (AvgIpc) is 2.48. The molecule has 0 spiro atoms. The predicted molar refractivity (Wildman–Crippen MR) is 82.4 cm³/mol. The molecule has 0 fully saturated rings. The van der Waals surface area contributed by atoms with Crippen molar-refractivity contribution in [2.75, 3.05) is 13.2 Å². The molecule has 4 heteroatoms. The second-order valence-corrected chi connectivity index (χ2v) is 5.19. The predicted octanol–water partition coefficient (Wildman–Crippen LogP) is 3.77. The number of carbonyl (C=O) groups excluding carboxylic acids is 1. The normalized spacial score (nSPS) is 12.2. The third kappa shape index (κ3) is 6.25. The van der Waals surface area contributed by atoms with Crippen LogP contribution in [0.2, 0.25) is 0 Å². The largest absolute Gasteiger partial charge is 0.369 e. The molecule has 21 heavy (non-hydrogen) atoms. The van der Waals surface area contributed by atoms with Gasteiger partial charge in [0.15, 0.2) is 0 Å². The summed E-state index contributed by atoms with van der Waals surface area (Å²) in [5, 5.41) is 0. The molecule has 0 heterocycles. The van der Waals surface area contributed by atoms with Crippen LogP contribution < -0.4 is 0 Å². The van der Waals surface area contributed by atoms with Crippen LogP contribution in [0.1, 0.15) is 45.6 Å². The van der Waals surface area contributed by atoms with Crippen LogP contribution in [0.15, 0.2) is 24.3 Å². The van der Waals surface area contributed by atoms with E-state index in [1.54, 1.807) is 19.1 Å². The van der Waals surface area contributed by atoms with Crippen LogP contribution in [0, 0.1) is 5.82 Å². The van der Waals surface area contributed by atoms with Gasteiger partial charge in [0.2, 0.25) is 0 Å². The van der Waals surface area contributed by atoms with Gasteiger partial charge in [0, 0.05) is 19.7 Å². The van der Waals surface area contributed by atoms with Gasteiger partial charge in [0.25, 0.3) is 5.91 Å². The Bertz CT molecular complexity index is 419. The highest BCUT2D eigenvalue weighted by molar-refractivity contribution is 5.80. The number of carbonyl (C=O) groups is 1. The first-order valence-electron chi connectivity index (χ1n) is 7.73. The van der Waals surface area contributed by atoms with E-state index in [2.05, 4.69) is 6.92 Å². The van der Waals surface area contributed by atoms with Crippen molar-refractivity contribution in [3.63, 3.8) is 0 Å². The van der Waals surface area contributed by atoms with Gasteiger partial charge in [-0.2, -0.15) is 0 Å². The maximum Gasteiger partial charge on any atom is 0.251 e. The van der Waals surface area contributed by atoms with Crippen molar-refractivity contribution in [1.29, 1.82) is 0 Å². The number of ether oxygens (including phenoxy) is 1. The summed E-state index contributed by atoms with van der Waals surface area (Å²) in [7, 11) is 0. The lowest BCUT2D eigenvalue weighted by molar-refractivity contribution is -0.143. The molecular formula is C17H26FNO2. The Morgan fingerprint density at radius 3 is 2.48 bits per heavy atom. The first-order valence-corrected chi connectivity index (χ1v) is 7.73. The van der Waals surface area contributed by atoms with E-state index in [-0.39, 0.29) is 11.7 Å². The van der Waals surface area contributed by atoms with E-state index in [0.29, 0.717) is 19.7 Å². The molecule has 1 atom stereocenters. The lowest BCUT2D eigenvalue weighted by Gasteiger charge is -2.26. The maximum absolute atomic E-state index is 13.0. The molecule has 1 amide bonds. The Balaban J connectivity index is 2.71. The molecule has 0 aliphatic rings. The van der Waals surface area contributed by atoms with Crippen molar-refractivity contribution in [3.8, 4) is 0 Å². The van der Waals surface area contributed by atoms with Gasteiger partial charge in [-0.15, -0.1) is 0 Å². The molecule has 1 aromatic rings. The van der Waals surface area contributed by atoms with E-state index >= 15 is 0 Å². The fraction of sp³-hybridized carbons (Fsp3) is 0.588. The first-order chi connectivity index (χ1) is 10.1. The van der Waals surface area contributed by atoms with Gasteiger partial charge < -0.3 is 9.64 Å². The van der Waals surface area contributed by atoms with E-state index < -0.39 is 6.10 Å². The molecule has 0 bridgehead atoms. The maximum atomic E-state index is 13.0. The van der Waals surface area contributed by atoms with E-state index in [1.165, 1.54) is 12.1 Å². The van der Waals surface area contributed by atoms with Gasteiger partial charge in [-0.25, -0.2) is 4.39 Å². The minimum atomic E-state index is -0.433. The number of halogens is 1. The molecule has 0 aliphatic heterocycles. The van der Waals surface area contributed by atoms with Crippen molar-refractivity contribution in [3.05, 3.63) is 35.6 Å². The second-order valence-electron chi connectivity index (χ2n) is 5.19. The van der Waals surface area contributed by atoms with E-state index in [0.717, 1.165) is 24.8 Å². The highest BCUT2D eigenvalue weighted by atomic mass is 19.1. The average molecular weight is 295 g/mol. The van der Waals surface area contributed by atoms with Crippen molar-refractivity contribution < 1.29 is 13.9 Å². The summed E-state index contributed by atoms with van der Waals surface area (Å²) in [6, 6.07) is 6.30. The molecule has 1 rings (SSSR count). The zero-order valence-corrected chi connectivity index (χ0v) is 13.3. The van der Waals surface area contributed by atoms with Crippen LogP contribution in [0.4, 0.5) is 4.39 Å². The molecule has 0 radical (unpaired) electrons. The Hall–Kier alpha value is -1.42. The summed E-state index contributed by atoms with van der Waals surface area (Å²) in [4.78, 5) is 14.2. The van der Waals surface area contributed by atoms with Crippen LogP contribution >= 0.6 is 0 Å². The lowest BCUT2D eigenvalue weighted by atomic mass is 10.1. The summed E-state index contributed by atoms with van der Waals surface area (Å²) < 4.78 is 18.4. The molecule has 1 aromatic carbocycles. The smallest absolute Gasteiger partial charge is 0.251 e. The van der Waals surface area contributed by atoms with Gasteiger partial charge in [-0.3, -0.25) is 4.79 Å². The molecule has 0 N–H and O–H groups in total. The van der Waals surface area contributed by atoms with Gasteiger partial charge in [-0.1, -0.05) is 31.9 Å². The van der Waals surface area contributed by atoms with Crippen molar-refractivity contribution >= 4 is 5.91 Å². The Morgan fingerprint density at radius 2 is 1.90 bits per heavy atom. The van der Waals surface area contributed by atoms with E-state index in [1.807, 2.05) is 11.8 Å². The molecule has 1 unspecified atom stereocenters. The molecule has 0 saturated carbocycles. The summed E-state index contributed by atoms with van der Waals surface area (Å²) >= 11 is 0. The fourth-order valence-corrected chi connectivity index (χ4v) is 2.21. The number of rotatable bonds is 9. The lowest BCUT2D eigenvalue weighted by Crippen LogP contribution is -2.39. The van der Waals surface area contributed by atoms with Gasteiger partial charge in [-0.05, 0) is 38.0 Å². The highest BCUT2D eigenvalue weighted by Crippen LogP contribution is 2.11. The second kappa shape index (κ2) is 9.50. The van der Waals surface area contributed by atoms with Crippen molar-refractivity contribution in [1.82, 2.24) is 4.90 Å². The summed E-state index contributed by atoms with van der Waals surface area (Å²) in [5.41, 5.74) is 0.935. The van der Waals surface area contributed by atoms with Gasteiger partial charge in [0.05, 0.1) is 0 Å². The third-order valence-corrected chi connectivity index (χ3v) is 3.39. The zero-order valence-electron chi connectivity index (χ0n) is 13.3. The molecule has 0 aromatic heterocycles. The van der Waals surface area contributed by atoms with Crippen molar-refractivity contribution in [2.24, 2.45) is 0 Å². The number of amides is 1. The zero-order chi connectivity index (χ0) is 15.7. The molecule has 3 nitrogen and oxygen atoms in total. The Labute approximate surface area is 127 Å². The summed E-state index contributed by atoms with van der Waals surface area (Å²) in [6.07, 6.45) is 2.75. The number of hydrogen-bond acceptors (Lipinski definition) is 2. The first kappa shape index (κ1) is 17.6. The fourth-order valence-electron chi connectivity index (χ4n) is 2.21. The quantitative estimate of drug-likeness (QED) is 0.649.